The monoisotopic (exact) mass is 308 g/mol. The van der Waals surface area contributed by atoms with Gasteiger partial charge in [0, 0.05) is 4.88 Å². The van der Waals surface area contributed by atoms with Crippen LogP contribution in [-0.4, -0.2) is 25.0 Å². The molecule has 6 nitrogen and oxygen atoms in total. The molecule has 1 aliphatic carbocycles. The van der Waals surface area contributed by atoms with Crippen LogP contribution in [-0.2, 0) is 27.1 Å². The fourth-order valence-electron chi connectivity index (χ4n) is 2.33. The van der Waals surface area contributed by atoms with Gasteiger partial charge in [0.15, 0.2) is 0 Å². The quantitative estimate of drug-likeness (QED) is 0.807. The Morgan fingerprint density at radius 3 is 2.67 bits per heavy atom. The van der Waals surface area contributed by atoms with Crippen LogP contribution in [0.1, 0.15) is 33.0 Å². The molecular weight excluding hydrogens is 292 g/mol. The molecule has 0 spiro atoms. The van der Waals surface area contributed by atoms with E-state index < -0.39 is 5.91 Å². The summed E-state index contributed by atoms with van der Waals surface area (Å²) < 4.78 is 10.1. The topological polar surface area (TPSA) is 76.7 Å². The van der Waals surface area contributed by atoms with Gasteiger partial charge in [0.05, 0.1) is 4.88 Å². The number of amides is 2. The van der Waals surface area contributed by atoms with Gasteiger partial charge in [-0.3, -0.25) is 20.4 Å². The molecule has 0 saturated heterocycles. The Kier molecular flexibility index (Phi) is 4.10. The molecule has 0 bridgehead atoms. The van der Waals surface area contributed by atoms with Crippen molar-refractivity contribution in [2.75, 3.05) is 13.2 Å². The molecular formula is C14H16N2O4S. The van der Waals surface area contributed by atoms with E-state index in [1.54, 1.807) is 0 Å². The van der Waals surface area contributed by atoms with E-state index in [4.69, 9.17) is 9.47 Å². The van der Waals surface area contributed by atoms with E-state index in [2.05, 4.69) is 10.9 Å². The molecule has 1 aromatic rings. The van der Waals surface area contributed by atoms with Gasteiger partial charge < -0.3 is 9.47 Å². The first-order chi connectivity index (χ1) is 10.2. The molecule has 21 heavy (non-hydrogen) atoms. The largest absolute Gasteiger partial charge is 0.494 e. The zero-order valence-corrected chi connectivity index (χ0v) is 12.3. The Labute approximate surface area is 126 Å². The minimum atomic E-state index is -0.524. The maximum absolute atomic E-state index is 12.0. The molecule has 3 rings (SSSR count). The summed E-state index contributed by atoms with van der Waals surface area (Å²) in [5.74, 6) is -0.767. The zero-order chi connectivity index (χ0) is 14.7. The standard InChI is InChI=1S/C14H16N2O4S/c17-13(10-8-19-5-6-20-10)15-16-14(18)12-7-9-3-1-2-4-11(9)21-12/h7-8H,1-6H2,(H,15,17)(H,16,18). The van der Waals surface area contributed by atoms with Crippen molar-refractivity contribution in [3.8, 4) is 0 Å². The second-order valence-corrected chi connectivity index (χ2v) is 6.01. The van der Waals surface area contributed by atoms with Gasteiger partial charge in [-0.1, -0.05) is 0 Å². The Balaban J connectivity index is 1.57. The van der Waals surface area contributed by atoms with E-state index in [1.165, 1.54) is 40.9 Å². The molecule has 0 radical (unpaired) electrons. The second kappa shape index (κ2) is 6.17. The summed E-state index contributed by atoms with van der Waals surface area (Å²) in [6, 6.07) is 1.92. The number of hydrogen-bond acceptors (Lipinski definition) is 5. The van der Waals surface area contributed by atoms with E-state index in [1.807, 2.05) is 6.07 Å². The number of aryl methyl sites for hydroxylation is 2. The number of thiophene rings is 1. The molecule has 2 N–H and O–H groups in total. The van der Waals surface area contributed by atoms with Crippen LogP contribution in [0, 0.1) is 0 Å². The zero-order valence-electron chi connectivity index (χ0n) is 11.4. The van der Waals surface area contributed by atoms with Crippen LogP contribution in [0.3, 0.4) is 0 Å². The highest BCUT2D eigenvalue weighted by molar-refractivity contribution is 7.14. The van der Waals surface area contributed by atoms with Gasteiger partial charge in [-0.05, 0) is 37.3 Å². The first-order valence-electron chi connectivity index (χ1n) is 6.91. The van der Waals surface area contributed by atoms with E-state index in [9.17, 15) is 9.59 Å². The molecule has 0 atom stereocenters. The van der Waals surface area contributed by atoms with Crippen LogP contribution in [0.25, 0.3) is 0 Å². The van der Waals surface area contributed by atoms with Crippen molar-refractivity contribution < 1.29 is 19.1 Å². The smallest absolute Gasteiger partial charge is 0.308 e. The van der Waals surface area contributed by atoms with E-state index in [0.29, 0.717) is 18.1 Å². The molecule has 0 fully saturated rings. The number of hydrogen-bond donors (Lipinski definition) is 2. The molecule has 0 aromatic carbocycles. The van der Waals surface area contributed by atoms with Gasteiger partial charge >= 0.3 is 5.91 Å². The lowest BCUT2D eigenvalue weighted by molar-refractivity contribution is -0.123. The third-order valence-electron chi connectivity index (χ3n) is 3.38. The summed E-state index contributed by atoms with van der Waals surface area (Å²) in [6.45, 7) is 0.745. The average molecular weight is 308 g/mol. The van der Waals surface area contributed by atoms with Crippen molar-refractivity contribution in [2.45, 2.75) is 25.7 Å². The number of nitrogens with one attached hydrogen (secondary N) is 2. The molecule has 2 aliphatic rings. The summed E-state index contributed by atoms with van der Waals surface area (Å²) in [4.78, 5) is 25.7. The number of rotatable bonds is 2. The van der Waals surface area contributed by atoms with Gasteiger partial charge in [-0.2, -0.15) is 0 Å². The first-order valence-corrected chi connectivity index (χ1v) is 7.72. The van der Waals surface area contributed by atoms with Gasteiger partial charge in [-0.25, -0.2) is 0 Å². The van der Waals surface area contributed by atoms with Crippen molar-refractivity contribution in [1.82, 2.24) is 10.9 Å². The van der Waals surface area contributed by atoms with Crippen LogP contribution in [0.4, 0.5) is 0 Å². The minimum absolute atomic E-state index is 0.0621. The number of ether oxygens (including phenoxy) is 2. The number of hydrazine groups is 1. The van der Waals surface area contributed by atoms with E-state index in [0.717, 1.165) is 12.8 Å². The van der Waals surface area contributed by atoms with Crippen molar-refractivity contribution in [3.63, 3.8) is 0 Å². The van der Waals surface area contributed by atoms with Crippen LogP contribution in [0.15, 0.2) is 18.1 Å². The molecule has 2 amide bonds. The molecule has 1 aliphatic heterocycles. The second-order valence-electron chi connectivity index (χ2n) is 4.88. The molecule has 1 aromatic heterocycles. The predicted octanol–water partition coefficient (Wildman–Crippen LogP) is 1.28. The van der Waals surface area contributed by atoms with Gasteiger partial charge in [0.1, 0.15) is 19.5 Å². The molecule has 112 valence electrons. The molecule has 7 heteroatoms. The van der Waals surface area contributed by atoms with Crippen LogP contribution < -0.4 is 10.9 Å². The Morgan fingerprint density at radius 1 is 1.10 bits per heavy atom. The van der Waals surface area contributed by atoms with Crippen molar-refractivity contribution in [3.05, 3.63) is 33.4 Å². The average Bonchev–Trinajstić information content (AvgIpc) is 2.97. The Hall–Kier alpha value is -2.02. The van der Waals surface area contributed by atoms with E-state index in [-0.39, 0.29) is 11.7 Å². The van der Waals surface area contributed by atoms with Crippen molar-refractivity contribution in [1.29, 1.82) is 0 Å². The Bertz CT molecular complexity index is 570. The minimum Gasteiger partial charge on any atom is -0.494 e. The normalized spacial score (nSPS) is 16.9. The molecule has 2 heterocycles. The summed E-state index contributed by atoms with van der Waals surface area (Å²) >= 11 is 1.50. The van der Waals surface area contributed by atoms with Crippen molar-refractivity contribution >= 4 is 23.2 Å². The summed E-state index contributed by atoms with van der Waals surface area (Å²) in [5, 5.41) is 0. The highest BCUT2D eigenvalue weighted by atomic mass is 32.1. The fraction of sp³-hybridized carbons (Fsp3) is 0.429. The summed E-state index contributed by atoms with van der Waals surface area (Å²) in [5.41, 5.74) is 5.99. The third kappa shape index (κ3) is 3.18. The summed E-state index contributed by atoms with van der Waals surface area (Å²) in [7, 11) is 0. The van der Waals surface area contributed by atoms with Crippen molar-refractivity contribution in [2.24, 2.45) is 0 Å². The van der Waals surface area contributed by atoms with Crippen LogP contribution in [0.2, 0.25) is 0 Å². The molecule has 0 unspecified atom stereocenters. The highest BCUT2D eigenvalue weighted by Gasteiger charge is 2.19. The van der Waals surface area contributed by atoms with Gasteiger partial charge in [0.2, 0.25) is 5.76 Å². The third-order valence-corrected chi connectivity index (χ3v) is 4.62. The predicted molar refractivity (Wildman–Crippen MR) is 76.6 cm³/mol. The Morgan fingerprint density at radius 2 is 1.90 bits per heavy atom. The van der Waals surface area contributed by atoms with Crippen LogP contribution >= 0.6 is 11.3 Å². The summed E-state index contributed by atoms with van der Waals surface area (Å²) in [6.07, 6.45) is 5.67. The SMILES string of the molecule is O=C(NNC(=O)c1cc2c(s1)CCCC2)C1=COCCO1. The van der Waals surface area contributed by atoms with Crippen LogP contribution in [0.5, 0.6) is 0 Å². The number of fused-ring (bicyclic) bond motifs is 1. The highest BCUT2D eigenvalue weighted by Crippen LogP contribution is 2.29. The lowest BCUT2D eigenvalue weighted by Gasteiger charge is -2.15. The van der Waals surface area contributed by atoms with Gasteiger partial charge in [0.25, 0.3) is 5.91 Å². The van der Waals surface area contributed by atoms with Gasteiger partial charge in [-0.15, -0.1) is 11.3 Å². The number of carbonyl (C=O) groups is 2. The van der Waals surface area contributed by atoms with E-state index >= 15 is 0 Å². The maximum atomic E-state index is 12.0. The number of carbonyl (C=O) groups excluding carboxylic acids is 2. The maximum Gasteiger partial charge on any atom is 0.308 e. The fourth-order valence-corrected chi connectivity index (χ4v) is 3.48. The lowest BCUT2D eigenvalue weighted by Crippen LogP contribution is -2.42. The first kappa shape index (κ1) is 13.9. The lowest BCUT2D eigenvalue weighted by atomic mass is 9.99. The molecule has 0 saturated carbocycles.